The van der Waals surface area contributed by atoms with Crippen LogP contribution in [0.4, 0.5) is 0 Å². The van der Waals surface area contributed by atoms with Crippen molar-refractivity contribution < 1.29 is 0 Å². The summed E-state index contributed by atoms with van der Waals surface area (Å²) in [4.78, 5) is 0. The standard InChI is InChI=1S/2C16H12Cl2Te/c2*17-19(18)15(13-7-3-1-4-8-13)11-12-16(19)14-9-5-2-6-10-14/h2*1-12H. The summed E-state index contributed by atoms with van der Waals surface area (Å²) in [5, 5.41) is 0. The van der Waals surface area contributed by atoms with Gasteiger partial charge in [0.05, 0.1) is 0 Å². The van der Waals surface area contributed by atoms with Gasteiger partial charge in [0.25, 0.3) is 0 Å². The van der Waals surface area contributed by atoms with Gasteiger partial charge in [-0.15, -0.1) is 0 Å². The number of rotatable bonds is 4. The van der Waals surface area contributed by atoms with Crippen LogP contribution in [0.2, 0.25) is 0 Å². The molecule has 0 amide bonds. The molecule has 0 spiro atoms. The van der Waals surface area contributed by atoms with Crippen molar-refractivity contribution in [2.24, 2.45) is 0 Å². The van der Waals surface area contributed by atoms with Crippen molar-refractivity contribution in [1.29, 1.82) is 0 Å². The Morgan fingerprint density at radius 2 is 0.474 bits per heavy atom. The summed E-state index contributed by atoms with van der Waals surface area (Å²) in [6.45, 7) is 0. The van der Waals surface area contributed by atoms with Crippen LogP contribution in [-0.4, -0.2) is 31.9 Å². The van der Waals surface area contributed by atoms with Crippen LogP contribution in [0.1, 0.15) is 22.3 Å². The summed E-state index contributed by atoms with van der Waals surface area (Å²) < 4.78 is 4.46. The molecule has 0 radical (unpaired) electrons. The Bertz CT molecular complexity index is 1290. The van der Waals surface area contributed by atoms with Crippen LogP contribution in [0.25, 0.3) is 14.5 Å². The van der Waals surface area contributed by atoms with E-state index in [0.29, 0.717) is 0 Å². The molecule has 0 aliphatic carbocycles. The van der Waals surface area contributed by atoms with Gasteiger partial charge in [0.2, 0.25) is 0 Å². The Balaban J connectivity index is 0.000000155. The fourth-order valence-corrected chi connectivity index (χ4v) is 20.8. The average molecular weight is 806 g/mol. The maximum atomic E-state index is 6.79. The summed E-state index contributed by atoms with van der Waals surface area (Å²) in [7, 11) is 27.2. The molecule has 6 rings (SSSR count). The Morgan fingerprint density at radius 3 is 0.658 bits per heavy atom. The molecule has 38 heavy (non-hydrogen) atoms. The van der Waals surface area contributed by atoms with E-state index in [1.54, 1.807) is 0 Å². The fraction of sp³-hybridized carbons (Fsp3) is 0. The third-order valence-electron chi connectivity index (χ3n) is 6.11. The minimum atomic E-state index is -3.21. The molecule has 4 aromatic carbocycles. The van der Waals surface area contributed by atoms with Gasteiger partial charge in [0.1, 0.15) is 0 Å². The van der Waals surface area contributed by atoms with Gasteiger partial charge in [-0.25, -0.2) is 0 Å². The Kier molecular flexibility index (Phi) is 9.17. The second kappa shape index (κ2) is 12.4. The molecule has 2 heterocycles. The zero-order valence-electron chi connectivity index (χ0n) is 20.2. The molecule has 0 bridgehead atoms. The second-order valence-corrected chi connectivity index (χ2v) is 33.4. The van der Waals surface area contributed by atoms with E-state index in [9.17, 15) is 0 Å². The molecule has 2 aliphatic heterocycles. The molecule has 2 aliphatic rings. The van der Waals surface area contributed by atoms with Crippen molar-refractivity contribution in [1.82, 2.24) is 0 Å². The molecule has 0 nitrogen and oxygen atoms in total. The summed E-state index contributed by atoms with van der Waals surface area (Å²) in [5.41, 5.74) is 4.54. The van der Waals surface area contributed by atoms with E-state index >= 15 is 0 Å². The van der Waals surface area contributed by atoms with Gasteiger partial charge < -0.3 is 0 Å². The molecule has 0 unspecified atom stereocenters. The van der Waals surface area contributed by atoms with Crippen molar-refractivity contribution in [2.75, 3.05) is 0 Å². The van der Waals surface area contributed by atoms with Crippen LogP contribution >= 0.6 is 35.9 Å². The summed E-state index contributed by atoms with van der Waals surface area (Å²) in [5.74, 6) is 0. The molecular formula is C32H24Cl4Te2. The predicted molar refractivity (Wildman–Crippen MR) is 173 cm³/mol. The molecule has 6 heteroatoms. The topological polar surface area (TPSA) is 0 Å². The second-order valence-electron chi connectivity index (χ2n) is 8.53. The van der Waals surface area contributed by atoms with Gasteiger partial charge in [-0.2, -0.15) is 0 Å². The van der Waals surface area contributed by atoms with Crippen LogP contribution in [-0.2, 0) is 0 Å². The molecular weight excluding hydrogens is 781 g/mol. The number of hydrogen-bond acceptors (Lipinski definition) is 0. The zero-order chi connectivity index (χ0) is 26.6. The molecule has 0 fully saturated rings. The first-order chi connectivity index (χ1) is 18.4. The van der Waals surface area contributed by atoms with Crippen LogP contribution in [0, 0.1) is 0 Å². The molecule has 0 N–H and O–H groups in total. The third kappa shape index (κ3) is 6.00. The van der Waals surface area contributed by atoms with E-state index in [0.717, 1.165) is 36.7 Å². The first kappa shape index (κ1) is 28.1. The van der Waals surface area contributed by atoms with E-state index in [1.165, 1.54) is 0 Å². The van der Waals surface area contributed by atoms with Crippen molar-refractivity contribution >= 4 is 82.2 Å². The van der Waals surface area contributed by atoms with Crippen LogP contribution in [0.5, 0.6) is 0 Å². The van der Waals surface area contributed by atoms with Gasteiger partial charge in [0, 0.05) is 0 Å². The van der Waals surface area contributed by atoms with Gasteiger partial charge in [-0.05, 0) is 0 Å². The predicted octanol–water partition coefficient (Wildman–Crippen LogP) is 10.3. The van der Waals surface area contributed by atoms with Crippen molar-refractivity contribution in [3.05, 3.63) is 168 Å². The van der Waals surface area contributed by atoms with Crippen LogP contribution < -0.4 is 0 Å². The third-order valence-corrected chi connectivity index (χ3v) is 25.6. The molecule has 0 saturated heterocycles. The van der Waals surface area contributed by atoms with Crippen LogP contribution in [0.15, 0.2) is 146 Å². The normalized spacial score (nSPS) is 18.6. The number of halogens is 4. The summed E-state index contributed by atoms with van der Waals surface area (Å²) in [6.07, 6.45) is 8.33. The zero-order valence-corrected chi connectivity index (χ0v) is 27.9. The quantitative estimate of drug-likeness (QED) is 0.180. The van der Waals surface area contributed by atoms with Gasteiger partial charge in [-0.3, -0.25) is 0 Å². The molecule has 0 aromatic heterocycles. The van der Waals surface area contributed by atoms with Crippen molar-refractivity contribution in [3.63, 3.8) is 0 Å². The van der Waals surface area contributed by atoms with E-state index in [1.807, 2.05) is 72.8 Å². The molecule has 0 atom stereocenters. The Morgan fingerprint density at radius 1 is 0.289 bits per heavy atom. The molecule has 192 valence electrons. The van der Waals surface area contributed by atoms with Crippen molar-refractivity contribution in [3.8, 4) is 0 Å². The fourth-order valence-electron chi connectivity index (χ4n) is 4.27. The Hall–Kier alpha value is -1.42. The maximum absolute atomic E-state index is 6.79. The number of hydrogen-bond donors (Lipinski definition) is 0. The van der Waals surface area contributed by atoms with E-state index in [2.05, 4.69) is 72.8 Å². The van der Waals surface area contributed by atoms with Crippen molar-refractivity contribution in [2.45, 2.75) is 0 Å². The molecule has 4 aromatic rings. The summed E-state index contributed by atoms with van der Waals surface area (Å²) in [6, 6.07) is 40.7. The minimum absolute atomic E-state index is 1.12. The monoisotopic (exact) mass is 808 g/mol. The first-order valence-electron chi connectivity index (χ1n) is 11.9. The summed E-state index contributed by atoms with van der Waals surface area (Å²) >= 11 is -6.42. The Labute approximate surface area is 247 Å². The van der Waals surface area contributed by atoms with E-state index < -0.39 is 31.9 Å². The van der Waals surface area contributed by atoms with Gasteiger partial charge in [0.15, 0.2) is 0 Å². The number of allylic oxidation sites excluding steroid dienone is 4. The van der Waals surface area contributed by atoms with Crippen LogP contribution in [0.3, 0.4) is 0 Å². The van der Waals surface area contributed by atoms with E-state index in [4.69, 9.17) is 35.9 Å². The van der Waals surface area contributed by atoms with Gasteiger partial charge in [-0.1, -0.05) is 0 Å². The first-order valence-corrected chi connectivity index (χ1v) is 28.4. The van der Waals surface area contributed by atoms with Gasteiger partial charge >= 0.3 is 250 Å². The SMILES string of the molecule is Cl[Te]1(Cl)C(c2ccccc2)=CC=C1c1ccccc1.Cl[Te]1(Cl)C(c2ccccc2)=CC=C1c1ccccc1. The average Bonchev–Trinajstić information content (AvgIpc) is 3.45. The van der Waals surface area contributed by atoms with E-state index in [-0.39, 0.29) is 0 Å². The number of benzene rings is 4. The molecule has 0 saturated carbocycles.